The van der Waals surface area contributed by atoms with E-state index in [1.165, 1.54) is 14.0 Å². The number of nitrogens with two attached hydrogens (primary N) is 2. The van der Waals surface area contributed by atoms with Gasteiger partial charge in [0.25, 0.3) is 0 Å². The van der Waals surface area contributed by atoms with Crippen LogP contribution in [0.2, 0.25) is 0 Å². The van der Waals surface area contributed by atoms with Crippen molar-refractivity contribution in [3.8, 4) is 0 Å². The number of aldehydes is 1. The van der Waals surface area contributed by atoms with E-state index in [9.17, 15) is 77.3 Å². The van der Waals surface area contributed by atoms with Crippen LogP contribution >= 0.6 is 43.2 Å². The molecular formula is C48H73N13O16S4. The molecule has 1 aromatic rings. The molecule has 0 spiro atoms. The zero-order chi connectivity index (χ0) is 60.4. The summed E-state index contributed by atoms with van der Waals surface area (Å²) in [5, 5.41) is 46.7. The Morgan fingerprint density at radius 2 is 1.25 bits per heavy atom. The zero-order valence-corrected chi connectivity index (χ0v) is 48.1. The van der Waals surface area contributed by atoms with Crippen LogP contribution in [0.5, 0.6) is 0 Å². The lowest BCUT2D eigenvalue weighted by atomic mass is 10.0. The Balaban J connectivity index is 2.81. The molecule has 8 unspecified atom stereocenters. The quantitative estimate of drug-likeness (QED) is 0.0237. The van der Waals surface area contributed by atoms with Gasteiger partial charge in [0.15, 0.2) is 0 Å². The first-order valence-corrected chi connectivity index (χ1v) is 30.5. The molecule has 1 aromatic carbocycles. The molecule has 11 amide bonds. The summed E-state index contributed by atoms with van der Waals surface area (Å²) < 4.78 is 0. The molecule has 1 aliphatic heterocycles. The number of hydrogen-bond acceptors (Lipinski definition) is 20. The van der Waals surface area contributed by atoms with Gasteiger partial charge in [0.2, 0.25) is 65.0 Å². The highest BCUT2D eigenvalue weighted by molar-refractivity contribution is 8.77. The molecule has 2 rings (SSSR count). The van der Waals surface area contributed by atoms with Crippen molar-refractivity contribution in [2.45, 2.75) is 126 Å². The molecule has 81 heavy (non-hydrogen) atoms. The molecule has 33 heteroatoms. The van der Waals surface area contributed by atoms with Gasteiger partial charge in [0.1, 0.15) is 54.6 Å². The van der Waals surface area contributed by atoms with Gasteiger partial charge >= 0.3 is 11.9 Å². The SMILES string of the molecule is CNC(=O)CCCCCNC(=O)C1CSSCC(NC(=O)C(C)NC(C)=O)C(=O)NC(CC(=O)O)C(=O)NC(C(=O)N[C@H](C=O)CCCN)CSSCC(NC(=O)C(CC(=O)O)NC(=O)CN)C(=O)NC(Cc2ccccc2)C(=O)N1. The van der Waals surface area contributed by atoms with E-state index < -0.39 is 156 Å². The average molecular weight is 1220 g/mol. The van der Waals surface area contributed by atoms with Crippen LogP contribution in [-0.2, 0) is 73.5 Å². The summed E-state index contributed by atoms with van der Waals surface area (Å²) in [7, 11) is 4.95. The maximum absolute atomic E-state index is 14.5. The highest BCUT2D eigenvalue weighted by atomic mass is 33.1. The van der Waals surface area contributed by atoms with Crippen LogP contribution in [0.15, 0.2) is 30.3 Å². The zero-order valence-electron chi connectivity index (χ0n) is 44.9. The minimum absolute atomic E-state index is 0.0840. The molecule has 1 saturated heterocycles. The first kappa shape index (κ1) is 70.4. The third-order valence-corrected chi connectivity index (χ3v) is 16.3. The van der Waals surface area contributed by atoms with Gasteiger partial charge in [0, 0.05) is 56.4 Å². The van der Waals surface area contributed by atoms with Gasteiger partial charge in [-0.3, -0.25) is 62.3 Å². The number of amides is 11. The number of unbranched alkanes of at least 4 members (excludes halogenated alkanes) is 2. The summed E-state index contributed by atoms with van der Waals surface area (Å²) in [4.78, 5) is 184. The highest BCUT2D eigenvalue weighted by Crippen LogP contribution is 2.25. The van der Waals surface area contributed by atoms with E-state index in [-0.39, 0.29) is 49.8 Å². The normalized spacial score (nSPS) is 20.8. The highest BCUT2D eigenvalue weighted by Gasteiger charge is 2.36. The summed E-state index contributed by atoms with van der Waals surface area (Å²) >= 11 is 0. The third-order valence-electron chi connectivity index (χ3n) is 11.5. The lowest BCUT2D eigenvalue weighted by Gasteiger charge is -2.27. The fourth-order valence-electron chi connectivity index (χ4n) is 7.15. The van der Waals surface area contributed by atoms with Crippen molar-refractivity contribution in [3.63, 3.8) is 0 Å². The lowest BCUT2D eigenvalue weighted by molar-refractivity contribution is -0.141. The number of carbonyl (C=O) groups excluding carboxylic acids is 12. The van der Waals surface area contributed by atoms with Crippen LogP contribution in [0.4, 0.5) is 0 Å². The number of carboxylic acid groups (broad SMARTS) is 2. The molecule has 450 valence electrons. The monoisotopic (exact) mass is 1220 g/mol. The van der Waals surface area contributed by atoms with E-state index >= 15 is 0 Å². The third kappa shape index (κ3) is 28.5. The standard InChI is InChI=1S/C48H73N13O16S4/c1-26(53-27(2)63)41(70)58-35-24-80-78-22-33(42(71)52-16-9-5-8-14-37(64)51-3)59-43(72)30(17-28-11-6-4-7-12-28)56-48(77)36(61-44(73)31(18-39(66)67)55-38(65)20-50)25-81-79-23-34(46(75)54-29(21-62)13-10-15-49)60-45(74)32(19-40(68)69)57-47(35)76/h4,6-7,11-12,21,26,29-36H,5,8-10,13-20,22-25,49-50H2,1-3H3,(H,51,64)(H,52,71)(H,53,63)(H,54,75)(H,55,65)(H,56,77)(H,57,76)(H,58,70)(H,59,72)(H,60,74)(H,61,73)(H,66,67)(H,68,69)/t26?,29-,30?,31?,32?,33?,34?,35?,36?/m0/s1. The lowest BCUT2D eigenvalue weighted by Crippen LogP contribution is -2.60. The van der Waals surface area contributed by atoms with Crippen LogP contribution in [0.1, 0.15) is 70.8 Å². The van der Waals surface area contributed by atoms with Crippen molar-refractivity contribution < 1.29 is 77.3 Å². The first-order chi connectivity index (χ1) is 38.5. The van der Waals surface area contributed by atoms with Crippen molar-refractivity contribution in [2.24, 2.45) is 11.5 Å². The number of hydrogen-bond donors (Lipinski definition) is 15. The smallest absolute Gasteiger partial charge is 0.305 e. The minimum Gasteiger partial charge on any atom is -0.481 e. The number of rotatable bonds is 26. The number of aliphatic carboxylic acids is 2. The summed E-state index contributed by atoms with van der Waals surface area (Å²) in [6, 6.07) is -5.40. The van der Waals surface area contributed by atoms with Gasteiger partial charge < -0.3 is 85.0 Å². The van der Waals surface area contributed by atoms with E-state index in [0.29, 0.717) is 37.5 Å². The Kier molecular flexibility index (Phi) is 33.8. The molecule has 1 fully saturated rings. The molecule has 1 heterocycles. The van der Waals surface area contributed by atoms with Crippen LogP contribution < -0.4 is 70.0 Å². The van der Waals surface area contributed by atoms with E-state index in [1.807, 2.05) is 0 Å². The van der Waals surface area contributed by atoms with Crippen molar-refractivity contribution in [3.05, 3.63) is 35.9 Å². The van der Waals surface area contributed by atoms with E-state index in [2.05, 4.69) is 58.5 Å². The second-order valence-corrected chi connectivity index (χ2v) is 23.2. The summed E-state index contributed by atoms with van der Waals surface area (Å²) in [5.41, 5.74) is 11.5. The molecular weight excluding hydrogens is 1140 g/mol. The van der Waals surface area contributed by atoms with Crippen molar-refractivity contribution in [1.29, 1.82) is 0 Å². The van der Waals surface area contributed by atoms with Gasteiger partial charge in [0.05, 0.1) is 25.4 Å². The van der Waals surface area contributed by atoms with Crippen LogP contribution in [0.3, 0.4) is 0 Å². The summed E-state index contributed by atoms with van der Waals surface area (Å²) in [5.74, 6) is -14.1. The fourth-order valence-corrected chi connectivity index (χ4v) is 11.8. The number of carboxylic acids is 2. The molecule has 0 aromatic heterocycles. The molecule has 9 atom stereocenters. The van der Waals surface area contributed by atoms with Crippen LogP contribution in [-0.4, -0.2) is 197 Å². The second-order valence-electron chi connectivity index (χ2n) is 18.1. The minimum atomic E-state index is -1.93. The Morgan fingerprint density at radius 3 is 1.79 bits per heavy atom. The Labute approximate surface area is 483 Å². The van der Waals surface area contributed by atoms with E-state index in [1.54, 1.807) is 30.3 Å². The van der Waals surface area contributed by atoms with Crippen molar-refractivity contribution >= 4 is 126 Å². The van der Waals surface area contributed by atoms with Gasteiger partial charge in [-0.1, -0.05) is 79.9 Å². The van der Waals surface area contributed by atoms with Crippen LogP contribution in [0, 0.1) is 0 Å². The molecule has 17 N–H and O–H groups in total. The van der Waals surface area contributed by atoms with Crippen molar-refractivity contribution in [2.75, 3.05) is 49.7 Å². The van der Waals surface area contributed by atoms with Crippen molar-refractivity contribution in [1.82, 2.24) is 58.5 Å². The fraction of sp³-hybridized carbons (Fsp3) is 0.583. The largest absolute Gasteiger partial charge is 0.481 e. The Hall–Kier alpha value is -6.68. The Morgan fingerprint density at radius 1 is 0.679 bits per heavy atom. The summed E-state index contributed by atoms with van der Waals surface area (Å²) in [6.07, 6.45) is 0.330. The van der Waals surface area contributed by atoms with Gasteiger partial charge in [-0.15, -0.1) is 0 Å². The second kappa shape index (κ2) is 38.9. The van der Waals surface area contributed by atoms with Gasteiger partial charge in [-0.05, 0) is 44.7 Å². The topological polar surface area (TPSA) is 464 Å². The first-order valence-electron chi connectivity index (χ1n) is 25.5. The molecule has 29 nitrogen and oxygen atoms in total. The maximum Gasteiger partial charge on any atom is 0.305 e. The molecule has 0 saturated carbocycles. The van der Waals surface area contributed by atoms with E-state index in [0.717, 1.165) is 50.1 Å². The predicted molar refractivity (Wildman–Crippen MR) is 302 cm³/mol. The maximum atomic E-state index is 14.5. The average Bonchev–Trinajstić information content (AvgIpc) is 3.42. The molecule has 1 aliphatic rings. The Bertz CT molecular complexity index is 2350. The van der Waals surface area contributed by atoms with E-state index in [4.69, 9.17) is 11.5 Å². The number of carbonyl (C=O) groups is 14. The number of benzene rings is 1. The molecule has 0 aliphatic carbocycles. The molecule has 0 bridgehead atoms. The van der Waals surface area contributed by atoms with Crippen LogP contribution in [0.25, 0.3) is 0 Å². The predicted octanol–water partition coefficient (Wildman–Crippen LogP) is -4.32. The number of nitrogens with one attached hydrogen (secondary N) is 11. The summed E-state index contributed by atoms with van der Waals surface area (Å²) in [6.45, 7) is 2.09. The molecule has 0 radical (unpaired) electrons. The van der Waals surface area contributed by atoms with Gasteiger partial charge in [-0.2, -0.15) is 0 Å². The van der Waals surface area contributed by atoms with Gasteiger partial charge in [-0.25, -0.2) is 0 Å².